The predicted octanol–water partition coefficient (Wildman–Crippen LogP) is 4.96. The predicted molar refractivity (Wildman–Crippen MR) is 157 cm³/mol. The molecule has 0 aromatic heterocycles. The van der Waals surface area contributed by atoms with Gasteiger partial charge in [0.2, 0.25) is 11.8 Å². The van der Waals surface area contributed by atoms with Crippen molar-refractivity contribution in [3.05, 3.63) is 71.8 Å². The number of rotatable bonds is 5. The third-order valence-electron chi connectivity index (χ3n) is 8.95. The number of alkyl halides is 3. The van der Waals surface area contributed by atoms with Crippen LogP contribution in [0, 0.1) is 17.8 Å². The summed E-state index contributed by atoms with van der Waals surface area (Å²) in [5.41, 5.74) is 2.02. The van der Waals surface area contributed by atoms with Gasteiger partial charge in [-0.3, -0.25) is 29.0 Å². The lowest BCUT2D eigenvalue weighted by Crippen LogP contribution is -2.60. The number of fused-ring (bicyclic) bond motifs is 4. The number of allylic oxidation sites excluding steroid dienone is 2. The van der Waals surface area contributed by atoms with Crippen molar-refractivity contribution in [2.45, 2.75) is 28.5 Å². The minimum Gasteiger partial charge on any atom is -0.508 e. The number of halogens is 3. The van der Waals surface area contributed by atoms with E-state index in [-0.39, 0.29) is 35.5 Å². The molecule has 2 aliphatic carbocycles. The van der Waals surface area contributed by atoms with E-state index in [0.29, 0.717) is 17.0 Å². The van der Waals surface area contributed by atoms with Gasteiger partial charge < -0.3 is 9.84 Å². The van der Waals surface area contributed by atoms with Crippen LogP contribution < -0.4 is 9.64 Å². The fourth-order valence-electron chi connectivity index (χ4n) is 7.01. The highest BCUT2D eigenvalue weighted by Crippen LogP contribution is 2.66. The largest absolute Gasteiger partial charge is 0.508 e. The van der Waals surface area contributed by atoms with Crippen LogP contribution in [0.2, 0.25) is 0 Å². The zero-order valence-corrected chi connectivity index (χ0v) is 24.9. The standard InChI is InChI=1S/C30H25BrCl2N2O6/c1-3-15-4-6-16(7-5-15)35-25(37)20-11-10-18-21(23(20)26(35)38)13-29(32)27(39)34(14-31)28(40)30(29,33)24(18)19-9-8-17(41-2)12-22(19)36/h3-10,12,20-21,23-24,36H,1,11,13-14H2,2H3. The first-order valence-corrected chi connectivity index (χ1v) is 14.9. The zero-order valence-electron chi connectivity index (χ0n) is 21.9. The molecule has 6 rings (SSSR count). The van der Waals surface area contributed by atoms with Gasteiger partial charge in [0.15, 0.2) is 9.75 Å². The molecule has 2 aromatic carbocycles. The number of carbonyl (C=O) groups excluding carboxylic acids is 4. The second-order valence-corrected chi connectivity index (χ2v) is 12.5. The highest BCUT2D eigenvalue weighted by Gasteiger charge is 2.76. The molecular formula is C30H25BrCl2N2O6. The molecule has 0 bridgehead atoms. The average molecular weight is 660 g/mol. The fraction of sp³-hybridized carbons (Fsp3) is 0.333. The molecule has 1 N–H and O–H groups in total. The normalized spacial score (nSPS) is 32.4. The lowest BCUT2D eigenvalue weighted by molar-refractivity contribution is -0.138. The van der Waals surface area contributed by atoms with E-state index in [1.165, 1.54) is 18.1 Å². The number of anilines is 1. The first-order chi connectivity index (χ1) is 19.5. The van der Waals surface area contributed by atoms with Crippen LogP contribution in [0.1, 0.15) is 29.9 Å². The summed E-state index contributed by atoms with van der Waals surface area (Å²) < 4.78 is 5.24. The highest BCUT2D eigenvalue weighted by molar-refractivity contribution is 9.09. The molecule has 2 aliphatic heterocycles. The van der Waals surface area contributed by atoms with Crippen molar-refractivity contribution >= 4 is 74.5 Å². The average Bonchev–Trinajstić information content (AvgIpc) is 3.31. The number of hydrogen-bond donors (Lipinski definition) is 1. The number of benzene rings is 2. The van der Waals surface area contributed by atoms with Gasteiger partial charge in [-0.2, -0.15) is 0 Å². The molecule has 212 valence electrons. The third kappa shape index (κ3) is 3.64. The number of aromatic hydroxyl groups is 1. The van der Waals surface area contributed by atoms with Gasteiger partial charge in [-0.25, -0.2) is 0 Å². The second-order valence-electron chi connectivity index (χ2n) is 10.7. The Morgan fingerprint density at radius 3 is 2.39 bits per heavy atom. The quantitative estimate of drug-likeness (QED) is 0.211. The van der Waals surface area contributed by atoms with Gasteiger partial charge in [-0.05, 0) is 42.5 Å². The van der Waals surface area contributed by atoms with Crippen LogP contribution in [-0.2, 0) is 19.2 Å². The SMILES string of the molecule is C=Cc1ccc(N2C(=O)C3CC=C4C(CC5(Cl)C(=O)N(CBr)C(=O)C5(Cl)C4c4ccc(OC)cc4O)C3C2=O)cc1. The van der Waals surface area contributed by atoms with Crippen molar-refractivity contribution in [2.24, 2.45) is 17.8 Å². The van der Waals surface area contributed by atoms with E-state index < -0.39 is 51.1 Å². The Morgan fingerprint density at radius 2 is 1.78 bits per heavy atom. The minimum absolute atomic E-state index is 0.128. The molecule has 2 heterocycles. The van der Waals surface area contributed by atoms with E-state index in [9.17, 15) is 24.3 Å². The van der Waals surface area contributed by atoms with Crippen molar-refractivity contribution < 1.29 is 29.0 Å². The molecule has 41 heavy (non-hydrogen) atoms. The van der Waals surface area contributed by atoms with Crippen LogP contribution >= 0.6 is 39.1 Å². The number of ether oxygens (including phenoxy) is 1. The number of phenols is 1. The molecule has 3 fully saturated rings. The Hall–Kier alpha value is -3.14. The van der Waals surface area contributed by atoms with Crippen LogP contribution in [0.3, 0.4) is 0 Å². The summed E-state index contributed by atoms with van der Waals surface area (Å²) in [6.07, 6.45) is 3.58. The van der Waals surface area contributed by atoms with Crippen LogP contribution in [0.15, 0.2) is 60.7 Å². The number of amides is 4. The summed E-state index contributed by atoms with van der Waals surface area (Å²) in [5, 5.41) is 11.1. The molecule has 6 atom stereocenters. The first-order valence-electron chi connectivity index (χ1n) is 13.0. The molecule has 6 unspecified atom stereocenters. The van der Waals surface area contributed by atoms with Crippen LogP contribution in [0.5, 0.6) is 11.5 Å². The summed E-state index contributed by atoms with van der Waals surface area (Å²) in [6, 6.07) is 11.5. The van der Waals surface area contributed by atoms with E-state index in [1.54, 1.807) is 42.5 Å². The maximum atomic E-state index is 14.0. The Kier molecular flexibility index (Phi) is 6.63. The van der Waals surface area contributed by atoms with E-state index in [4.69, 9.17) is 27.9 Å². The van der Waals surface area contributed by atoms with E-state index in [1.807, 2.05) is 6.08 Å². The van der Waals surface area contributed by atoms with Crippen molar-refractivity contribution in [2.75, 3.05) is 17.5 Å². The zero-order chi connectivity index (χ0) is 29.4. The molecule has 4 aliphatic rings. The molecular weight excluding hydrogens is 635 g/mol. The molecule has 2 aromatic rings. The van der Waals surface area contributed by atoms with E-state index in [2.05, 4.69) is 22.5 Å². The first kappa shape index (κ1) is 28.0. The van der Waals surface area contributed by atoms with Gasteiger partial charge in [-0.1, -0.05) is 58.4 Å². The van der Waals surface area contributed by atoms with Crippen molar-refractivity contribution in [3.8, 4) is 11.5 Å². The smallest absolute Gasteiger partial charge is 0.254 e. The lowest BCUT2D eigenvalue weighted by atomic mass is 9.56. The maximum absolute atomic E-state index is 14.0. The molecule has 11 heteroatoms. The Bertz CT molecular complexity index is 1560. The van der Waals surface area contributed by atoms with Crippen molar-refractivity contribution in [1.82, 2.24) is 4.90 Å². The molecule has 2 saturated heterocycles. The van der Waals surface area contributed by atoms with E-state index >= 15 is 0 Å². The highest BCUT2D eigenvalue weighted by atomic mass is 79.9. The minimum atomic E-state index is -1.99. The molecule has 8 nitrogen and oxygen atoms in total. The maximum Gasteiger partial charge on any atom is 0.254 e. The van der Waals surface area contributed by atoms with Gasteiger partial charge in [0.05, 0.1) is 30.1 Å². The van der Waals surface area contributed by atoms with E-state index in [0.717, 1.165) is 10.5 Å². The van der Waals surface area contributed by atoms with Gasteiger partial charge in [0.1, 0.15) is 11.5 Å². The molecule has 0 radical (unpaired) electrons. The lowest BCUT2D eigenvalue weighted by Gasteiger charge is -2.50. The van der Waals surface area contributed by atoms with Crippen molar-refractivity contribution in [1.29, 1.82) is 0 Å². The summed E-state index contributed by atoms with van der Waals surface area (Å²) in [7, 11) is 1.45. The monoisotopic (exact) mass is 658 g/mol. The molecule has 4 amide bonds. The number of likely N-dealkylation sites (tertiary alicyclic amines) is 1. The number of methoxy groups -OCH3 is 1. The van der Waals surface area contributed by atoms with Crippen LogP contribution in [0.4, 0.5) is 5.69 Å². The van der Waals surface area contributed by atoms with Crippen molar-refractivity contribution in [3.63, 3.8) is 0 Å². The topological polar surface area (TPSA) is 104 Å². The summed E-state index contributed by atoms with van der Waals surface area (Å²) in [4.78, 5) is 53.4. The summed E-state index contributed by atoms with van der Waals surface area (Å²) in [5.74, 6) is -5.22. The molecule has 0 spiro atoms. The summed E-state index contributed by atoms with van der Waals surface area (Å²) in [6.45, 7) is 3.74. The Labute approximate surface area is 254 Å². The van der Waals surface area contributed by atoms with Gasteiger partial charge >= 0.3 is 0 Å². The Morgan fingerprint density at radius 1 is 1.07 bits per heavy atom. The molecule has 1 saturated carbocycles. The number of nitrogens with zero attached hydrogens (tertiary/aromatic N) is 2. The third-order valence-corrected chi connectivity index (χ3v) is 10.9. The number of carbonyl (C=O) groups is 4. The van der Waals surface area contributed by atoms with Gasteiger partial charge in [0, 0.05) is 17.5 Å². The van der Waals surface area contributed by atoms with Gasteiger partial charge in [0.25, 0.3) is 11.8 Å². The second kappa shape index (κ2) is 9.71. The number of phenolic OH excluding ortho intramolecular Hbond substituents is 1. The number of hydrogen-bond acceptors (Lipinski definition) is 6. The fourth-order valence-corrected chi connectivity index (χ4v) is 8.42. The van der Waals surface area contributed by atoms with Crippen LogP contribution in [0.25, 0.3) is 6.08 Å². The number of imide groups is 2. The van der Waals surface area contributed by atoms with Crippen LogP contribution in [-0.4, -0.2) is 55.9 Å². The Balaban J connectivity index is 1.51. The van der Waals surface area contributed by atoms with Gasteiger partial charge in [-0.15, -0.1) is 23.2 Å². The summed E-state index contributed by atoms with van der Waals surface area (Å²) >= 11 is 17.6.